The summed E-state index contributed by atoms with van der Waals surface area (Å²) in [6.45, 7) is 0.749. The highest BCUT2D eigenvalue weighted by molar-refractivity contribution is 5.32. The van der Waals surface area contributed by atoms with E-state index in [1.54, 1.807) is 6.08 Å². The van der Waals surface area contributed by atoms with E-state index in [1.165, 1.54) is 38.5 Å². The fourth-order valence-corrected chi connectivity index (χ4v) is 3.26. The average molecular weight is 179 g/mol. The van der Waals surface area contributed by atoms with Crippen LogP contribution >= 0.6 is 0 Å². The number of fused-ring (bicyclic) bond motifs is 2. The molecule has 0 aromatic rings. The first-order chi connectivity index (χ1) is 6.42. The number of nitrogens with zero attached hydrogens (tertiary/aromatic N) is 1. The van der Waals surface area contributed by atoms with Crippen molar-refractivity contribution < 1.29 is 4.79 Å². The predicted molar refractivity (Wildman–Crippen MR) is 51.2 cm³/mol. The molecule has 0 aromatic heterocycles. The maximum absolute atomic E-state index is 10.1. The number of rotatable bonds is 2. The Morgan fingerprint density at radius 1 is 1.08 bits per heavy atom. The van der Waals surface area contributed by atoms with Crippen LogP contribution in [0.15, 0.2) is 4.99 Å². The molecular formula is C11H17NO. The molecule has 2 nitrogen and oxygen atoms in total. The Kier molecular flexibility index (Phi) is 2.80. The molecule has 0 heterocycles. The Hall–Kier alpha value is -0.620. The van der Waals surface area contributed by atoms with Gasteiger partial charge in [0.25, 0.3) is 0 Å². The van der Waals surface area contributed by atoms with Gasteiger partial charge in [0.05, 0.1) is 6.54 Å². The Labute approximate surface area is 79.4 Å². The minimum Gasteiger partial charge on any atom is -0.211 e. The van der Waals surface area contributed by atoms with E-state index in [0.29, 0.717) is 5.92 Å². The molecule has 13 heavy (non-hydrogen) atoms. The molecule has 0 aliphatic heterocycles. The topological polar surface area (TPSA) is 29.4 Å². The Morgan fingerprint density at radius 3 is 2.08 bits per heavy atom. The fourth-order valence-electron chi connectivity index (χ4n) is 3.26. The molecule has 0 atom stereocenters. The van der Waals surface area contributed by atoms with E-state index < -0.39 is 0 Å². The summed E-state index contributed by atoms with van der Waals surface area (Å²) in [6.07, 6.45) is 9.96. The smallest absolute Gasteiger partial charge is 0.211 e. The van der Waals surface area contributed by atoms with Crippen LogP contribution in [-0.2, 0) is 4.79 Å². The standard InChI is InChI=1S/C11H17NO/c13-8-12-7-11-9-3-1-4-10(11)6-2-5-9/h9-11H,1-7H2. The molecule has 0 spiro atoms. The molecule has 0 saturated heterocycles. The summed E-state index contributed by atoms with van der Waals surface area (Å²) in [5.74, 6) is 2.44. The van der Waals surface area contributed by atoms with Gasteiger partial charge in [0.2, 0.25) is 6.08 Å². The Balaban J connectivity index is 2.01. The third-order valence-electron chi connectivity index (χ3n) is 3.88. The van der Waals surface area contributed by atoms with Crippen molar-refractivity contribution in [3.63, 3.8) is 0 Å². The van der Waals surface area contributed by atoms with Crippen molar-refractivity contribution in [3.05, 3.63) is 0 Å². The van der Waals surface area contributed by atoms with Gasteiger partial charge in [-0.1, -0.05) is 38.5 Å². The second-order valence-electron chi connectivity index (χ2n) is 4.48. The second-order valence-corrected chi connectivity index (χ2v) is 4.48. The fraction of sp³-hybridized carbons (Fsp3) is 0.909. The first kappa shape index (κ1) is 8.96. The van der Waals surface area contributed by atoms with Crippen molar-refractivity contribution in [3.8, 4) is 0 Å². The lowest BCUT2D eigenvalue weighted by atomic mass is 9.64. The van der Waals surface area contributed by atoms with E-state index in [0.717, 1.165) is 18.4 Å². The van der Waals surface area contributed by atoms with Crippen LogP contribution < -0.4 is 0 Å². The summed E-state index contributed by atoms with van der Waals surface area (Å²) in [5, 5.41) is 0. The van der Waals surface area contributed by atoms with E-state index in [1.807, 2.05) is 0 Å². The summed E-state index contributed by atoms with van der Waals surface area (Å²) in [6, 6.07) is 0. The molecule has 2 saturated carbocycles. The predicted octanol–water partition coefficient (Wildman–Crippen LogP) is 2.54. The van der Waals surface area contributed by atoms with Crippen LogP contribution in [0.2, 0.25) is 0 Å². The van der Waals surface area contributed by atoms with E-state index in [-0.39, 0.29) is 0 Å². The highest BCUT2D eigenvalue weighted by Crippen LogP contribution is 2.44. The van der Waals surface area contributed by atoms with Crippen molar-refractivity contribution in [1.29, 1.82) is 0 Å². The van der Waals surface area contributed by atoms with Crippen LogP contribution in [-0.4, -0.2) is 12.6 Å². The van der Waals surface area contributed by atoms with Gasteiger partial charge in [0.15, 0.2) is 0 Å². The van der Waals surface area contributed by atoms with Crippen LogP contribution in [0, 0.1) is 17.8 Å². The van der Waals surface area contributed by atoms with Gasteiger partial charge in [-0.3, -0.25) is 0 Å². The van der Waals surface area contributed by atoms with E-state index in [4.69, 9.17) is 0 Å². The molecule has 0 aromatic carbocycles. The van der Waals surface area contributed by atoms with E-state index >= 15 is 0 Å². The quantitative estimate of drug-likeness (QED) is 0.473. The normalized spacial score (nSPS) is 38.0. The molecule has 0 amide bonds. The first-order valence-corrected chi connectivity index (χ1v) is 5.45. The largest absolute Gasteiger partial charge is 0.234 e. The number of hydrogen-bond donors (Lipinski definition) is 0. The summed E-state index contributed by atoms with van der Waals surface area (Å²) in [5.41, 5.74) is 0. The van der Waals surface area contributed by atoms with E-state index in [2.05, 4.69) is 4.99 Å². The molecule has 2 rings (SSSR count). The average Bonchev–Trinajstić information content (AvgIpc) is 2.14. The number of hydrogen-bond acceptors (Lipinski definition) is 2. The van der Waals surface area contributed by atoms with Crippen LogP contribution in [0.4, 0.5) is 0 Å². The van der Waals surface area contributed by atoms with Gasteiger partial charge < -0.3 is 0 Å². The lowest BCUT2D eigenvalue weighted by molar-refractivity contribution is 0.0996. The van der Waals surface area contributed by atoms with Crippen molar-refractivity contribution >= 4 is 6.08 Å². The Bertz CT molecular complexity index is 198. The molecule has 0 radical (unpaired) electrons. The summed E-state index contributed by atoms with van der Waals surface area (Å²) in [4.78, 5) is 13.8. The number of aliphatic imine (C=N–C) groups is 1. The number of carbonyl (C=O) groups excluding carboxylic acids is 1. The first-order valence-electron chi connectivity index (χ1n) is 5.45. The molecule has 2 bridgehead atoms. The lowest BCUT2D eigenvalue weighted by Gasteiger charge is -2.41. The molecule has 72 valence electrons. The van der Waals surface area contributed by atoms with Crippen molar-refractivity contribution in [1.82, 2.24) is 0 Å². The molecule has 2 fully saturated rings. The van der Waals surface area contributed by atoms with Crippen LogP contribution in [0.1, 0.15) is 38.5 Å². The van der Waals surface area contributed by atoms with Crippen LogP contribution in [0.25, 0.3) is 0 Å². The molecule has 0 unspecified atom stereocenters. The minimum absolute atomic E-state index is 0.712. The zero-order chi connectivity index (χ0) is 9.10. The third-order valence-corrected chi connectivity index (χ3v) is 3.88. The van der Waals surface area contributed by atoms with Crippen LogP contribution in [0.5, 0.6) is 0 Å². The summed E-state index contributed by atoms with van der Waals surface area (Å²) in [7, 11) is 0. The van der Waals surface area contributed by atoms with Gasteiger partial charge in [0, 0.05) is 0 Å². The van der Waals surface area contributed by atoms with E-state index in [9.17, 15) is 4.79 Å². The second kappa shape index (κ2) is 4.06. The van der Waals surface area contributed by atoms with Crippen molar-refractivity contribution in [2.45, 2.75) is 38.5 Å². The van der Waals surface area contributed by atoms with Gasteiger partial charge in [-0.2, -0.15) is 0 Å². The molecule has 2 heteroatoms. The van der Waals surface area contributed by atoms with Crippen molar-refractivity contribution in [2.75, 3.05) is 6.54 Å². The zero-order valence-electron chi connectivity index (χ0n) is 8.04. The summed E-state index contributed by atoms with van der Waals surface area (Å²) < 4.78 is 0. The molecule has 2 aliphatic rings. The maximum Gasteiger partial charge on any atom is 0.234 e. The highest BCUT2D eigenvalue weighted by Gasteiger charge is 2.35. The minimum atomic E-state index is 0.712. The molecular weight excluding hydrogens is 162 g/mol. The lowest BCUT2D eigenvalue weighted by Crippen LogP contribution is -2.34. The SMILES string of the molecule is O=C=NCC1C2CCCC1CCC2. The molecule has 2 aliphatic carbocycles. The monoisotopic (exact) mass is 179 g/mol. The van der Waals surface area contributed by atoms with Gasteiger partial charge in [-0.15, -0.1) is 0 Å². The maximum atomic E-state index is 10.1. The van der Waals surface area contributed by atoms with Gasteiger partial charge in [-0.05, 0) is 17.8 Å². The van der Waals surface area contributed by atoms with Gasteiger partial charge >= 0.3 is 0 Å². The van der Waals surface area contributed by atoms with Crippen LogP contribution in [0.3, 0.4) is 0 Å². The Morgan fingerprint density at radius 2 is 1.62 bits per heavy atom. The van der Waals surface area contributed by atoms with Crippen molar-refractivity contribution in [2.24, 2.45) is 22.7 Å². The zero-order valence-corrected chi connectivity index (χ0v) is 8.04. The third kappa shape index (κ3) is 1.83. The molecule has 0 N–H and O–H groups in total. The summed E-state index contributed by atoms with van der Waals surface area (Å²) >= 11 is 0. The number of isocyanates is 1. The van der Waals surface area contributed by atoms with Gasteiger partial charge in [-0.25, -0.2) is 9.79 Å². The van der Waals surface area contributed by atoms with Gasteiger partial charge in [0.1, 0.15) is 0 Å². The highest BCUT2D eigenvalue weighted by atomic mass is 16.1.